The Morgan fingerprint density at radius 3 is 2.57 bits per heavy atom. The predicted octanol–water partition coefficient (Wildman–Crippen LogP) is 4.26. The predicted molar refractivity (Wildman–Crippen MR) is 84.4 cm³/mol. The van der Waals surface area contributed by atoms with E-state index in [1.54, 1.807) is 17.6 Å². The van der Waals surface area contributed by atoms with Crippen LogP contribution in [0.5, 0.6) is 0 Å². The maximum absolute atomic E-state index is 13.5. The van der Waals surface area contributed by atoms with Crippen LogP contribution in [-0.4, -0.2) is 12.5 Å². The van der Waals surface area contributed by atoms with Crippen LogP contribution in [0.15, 0.2) is 53.1 Å². The van der Waals surface area contributed by atoms with Gasteiger partial charge < -0.3 is 9.73 Å². The zero-order valence-corrected chi connectivity index (χ0v) is 12.8. The molecule has 0 atom stereocenters. The fourth-order valence-electron chi connectivity index (χ4n) is 2.17. The van der Waals surface area contributed by atoms with Gasteiger partial charge in [-0.2, -0.15) is 0 Å². The standard InChI is InChI=1S/C17H13F2NO2S/c18-12-3-1-4-13(19)16(12)17(21)20-9-8-11-6-7-15(23-11)14-5-2-10-22-14/h1-7,10H,8-9H2,(H,20,21). The summed E-state index contributed by atoms with van der Waals surface area (Å²) >= 11 is 1.55. The Hall–Kier alpha value is -2.47. The molecule has 0 fully saturated rings. The number of benzene rings is 1. The highest BCUT2D eigenvalue weighted by Crippen LogP contribution is 2.28. The largest absolute Gasteiger partial charge is 0.464 e. The van der Waals surface area contributed by atoms with E-state index in [1.165, 1.54) is 6.07 Å². The Kier molecular flexibility index (Phi) is 4.52. The van der Waals surface area contributed by atoms with E-state index in [0.29, 0.717) is 13.0 Å². The molecule has 0 unspecified atom stereocenters. The smallest absolute Gasteiger partial charge is 0.257 e. The zero-order chi connectivity index (χ0) is 16.2. The minimum absolute atomic E-state index is 0.296. The van der Waals surface area contributed by atoms with Gasteiger partial charge in [-0.25, -0.2) is 8.78 Å². The minimum Gasteiger partial charge on any atom is -0.464 e. The van der Waals surface area contributed by atoms with Crippen LogP contribution < -0.4 is 5.32 Å². The van der Waals surface area contributed by atoms with Crippen molar-refractivity contribution in [3.05, 3.63) is 70.8 Å². The molecule has 3 aromatic rings. The molecule has 0 aliphatic carbocycles. The number of hydrogen-bond acceptors (Lipinski definition) is 3. The second kappa shape index (κ2) is 6.75. The monoisotopic (exact) mass is 333 g/mol. The average molecular weight is 333 g/mol. The van der Waals surface area contributed by atoms with Gasteiger partial charge in [-0.3, -0.25) is 4.79 Å². The number of rotatable bonds is 5. The molecule has 118 valence electrons. The molecule has 1 aromatic carbocycles. The summed E-state index contributed by atoms with van der Waals surface area (Å²) in [6.45, 7) is 0.296. The van der Waals surface area contributed by atoms with Crippen molar-refractivity contribution in [3.8, 4) is 10.6 Å². The first kappa shape index (κ1) is 15.4. The fraction of sp³-hybridized carbons (Fsp3) is 0.118. The van der Waals surface area contributed by atoms with Gasteiger partial charge in [0, 0.05) is 11.4 Å². The molecule has 2 aromatic heterocycles. The second-order valence-electron chi connectivity index (χ2n) is 4.85. The quantitative estimate of drug-likeness (QED) is 0.758. The van der Waals surface area contributed by atoms with Crippen LogP contribution in [0.2, 0.25) is 0 Å². The number of amides is 1. The number of hydrogen-bond donors (Lipinski definition) is 1. The number of furan rings is 1. The third kappa shape index (κ3) is 3.48. The fourth-order valence-corrected chi connectivity index (χ4v) is 3.14. The lowest BCUT2D eigenvalue weighted by Gasteiger charge is -2.06. The molecule has 0 aliphatic rings. The summed E-state index contributed by atoms with van der Waals surface area (Å²) in [7, 11) is 0. The van der Waals surface area contributed by atoms with E-state index in [0.717, 1.165) is 27.6 Å². The summed E-state index contributed by atoms with van der Waals surface area (Å²) in [6.07, 6.45) is 2.19. The van der Waals surface area contributed by atoms with Gasteiger partial charge in [0.1, 0.15) is 23.0 Å². The van der Waals surface area contributed by atoms with Gasteiger partial charge in [0.25, 0.3) is 5.91 Å². The van der Waals surface area contributed by atoms with Crippen molar-refractivity contribution in [3.63, 3.8) is 0 Å². The lowest BCUT2D eigenvalue weighted by atomic mass is 10.2. The topological polar surface area (TPSA) is 42.2 Å². The molecule has 1 amide bonds. The number of nitrogens with one attached hydrogen (secondary N) is 1. The first-order valence-corrected chi connectivity index (χ1v) is 7.81. The van der Waals surface area contributed by atoms with E-state index in [2.05, 4.69) is 5.32 Å². The molecule has 3 nitrogen and oxygen atoms in total. The van der Waals surface area contributed by atoms with Gasteiger partial charge in [-0.15, -0.1) is 11.3 Å². The Labute approximate surface area is 135 Å². The maximum atomic E-state index is 13.5. The molecular weight excluding hydrogens is 320 g/mol. The van der Waals surface area contributed by atoms with Gasteiger partial charge in [-0.05, 0) is 42.8 Å². The van der Waals surface area contributed by atoms with Gasteiger partial charge >= 0.3 is 0 Å². The Balaban J connectivity index is 1.58. The minimum atomic E-state index is -0.862. The molecular formula is C17H13F2NO2S. The molecule has 0 saturated carbocycles. The van der Waals surface area contributed by atoms with Crippen molar-refractivity contribution in [2.75, 3.05) is 6.54 Å². The van der Waals surface area contributed by atoms with Crippen molar-refractivity contribution < 1.29 is 18.0 Å². The Morgan fingerprint density at radius 1 is 1.09 bits per heavy atom. The lowest BCUT2D eigenvalue weighted by Crippen LogP contribution is -2.27. The highest BCUT2D eigenvalue weighted by Gasteiger charge is 2.16. The van der Waals surface area contributed by atoms with E-state index in [9.17, 15) is 13.6 Å². The molecule has 0 spiro atoms. The molecule has 0 bridgehead atoms. The van der Waals surface area contributed by atoms with E-state index < -0.39 is 23.1 Å². The molecule has 6 heteroatoms. The van der Waals surface area contributed by atoms with Crippen molar-refractivity contribution >= 4 is 17.2 Å². The number of thiophene rings is 1. The Morgan fingerprint density at radius 2 is 1.87 bits per heavy atom. The van der Waals surface area contributed by atoms with E-state index in [4.69, 9.17) is 4.42 Å². The van der Waals surface area contributed by atoms with Crippen molar-refractivity contribution in [2.45, 2.75) is 6.42 Å². The van der Waals surface area contributed by atoms with Gasteiger partial charge in [0.2, 0.25) is 0 Å². The SMILES string of the molecule is O=C(NCCc1ccc(-c2ccco2)s1)c1c(F)cccc1F. The van der Waals surface area contributed by atoms with E-state index >= 15 is 0 Å². The summed E-state index contributed by atoms with van der Waals surface area (Å²) in [6, 6.07) is 10.9. The van der Waals surface area contributed by atoms with Crippen LogP contribution in [0, 0.1) is 11.6 Å². The van der Waals surface area contributed by atoms with E-state index in [-0.39, 0.29) is 0 Å². The molecule has 0 aliphatic heterocycles. The third-order valence-corrected chi connectivity index (χ3v) is 4.43. The molecule has 0 saturated heterocycles. The van der Waals surface area contributed by atoms with Gasteiger partial charge in [-0.1, -0.05) is 6.07 Å². The molecule has 3 rings (SSSR count). The molecule has 2 heterocycles. The number of halogens is 2. The number of carbonyl (C=O) groups is 1. The molecule has 1 N–H and O–H groups in total. The van der Waals surface area contributed by atoms with Crippen LogP contribution in [0.4, 0.5) is 8.78 Å². The first-order valence-electron chi connectivity index (χ1n) is 7.00. The summed E-state index contributed by atoms with van der Waals surface area (Å²) in [5.74, 6) is -1.68. The third-order valence-electron chi connectivity index (χ3n) is 3.27. The van der Waals surface area contributed by atoms with Gasteiger partial charge in [0.05, 0.1) is 11.1 Å². The van der Waals surface area contributed by atoms with E-state index in [1.807, 2.05) is 24.3 Å². The maximum Gasteiger partial charge on any atom is 0.257 e. The average Bonchev–Trinajstić information content (AvgIpc) is 3.18. The van der Waals surface area contributed by atoms with Crippen LogP contribution in [0.3, 0.4) is 0 Å². The van der Waals surface area contributed by atoms with Crippen LogP contribution in [-0.2, 0) is 6.42 Å². The Bertz CT molecular complexity index is 792. The number of carbonyl (C=O) groups excluding carboxylic acids is 1. The normalized spacial score (nSPS) is 10.7. The highest BCUT2D eigenvalue weighted by molar-refractivity contribution is 7.15. The summed E-state index contributed by atoms with van der Waals surface area (Å²) in [5, 5.41) is 2.54. The molecule has 23 heavy (non-hydrogen) atoms. The summed E-state index contributed by atoms with van der Waals surface area (Å²) in [4.78, 5) is 13.9. The lowest BCUT2D eigenvalue weighted by molar-refractivity contribution is 0.0946. The highest BCUT2D eigenvalue weighted by atomic mass is 32.1. The van der Waals surface area contributed by atoms with Crippen LogP contribution >= 0.6 is 11.3 Å². The zero-order valence-electron chi connectivity index (χ0n) is 12.0. The first-order chi connectivity index (χ1) is 11.1. The van der Waals surface area contributed by atoms with Crippen LogP contribution in [0.25, 0.3) is 10.6 Å². The van der Waals surface area contributed by atoms with Crippen molar-refractivity contribution in [1.29, 1.82) is 0 Å². The summed E-state index contributed by atoms with van der Waals surface area (Å²) < 4.78 is 32.3. The molecule has 0 radical (unpaired) electrons. The van der Waals surface area contributed by atoms with Crippen molar-refractivity contribution in [2.24, 2.45) is 0 Å². The van der Waals surface area contributed by atoms with Gasteiger partial charge in [0.15, 0.2) is 0 Å². The summed E-state index contributed by atoms with van der Waals surface area (Å²) in [5.41, 5.74) is -0.546. The van der Waals surface area contributed by atoms with Crippen molar-refractivity contribution in [1.82, 2.24) is 5.32 Å². The van der Waals surface area contributed by atoms with Crippen LogP contribution in [0.1, 0.15) is 15.2 Å². The second-order valence-corrected chi connectivity index (χ2v) is 6.01.